The molecule has 114 valence electrons. The zero-order valence-electron chi connectivity index (χ0n) is 13.6. The van der Waals surface area contributed by atoms with Crippen LogP contribution < -0.4 is 5.32 Å². The number of benzene rings is 1. The van der Waals surface area contributed by atoms with E-state index in [4.69, 9.17) is 0 Å². The molecule has 0 bridgehead atoms. The second-order valence-electron chi connectivity index (χ2n) is 5.53. The first-order chi connectivity index (χ1) is 10.1. The molecular formula is C18H26N2O. The summed E-state index contributed by atoms with van der Waals surface area (Å²) in [6.07, 6.45) is 3.14. The Balaban J connectivity index is 2.47. The summed E-state index contributed by atoms with van der Waals surface area (Å²) in [5.41, 5.74) is 4.39. The molecule has 21 heavy (non-hydrogen) atoms. The fraction of sp³-hybridized carbons (Fsp3) is 0.500. The van der Waals surface area contributed by atoms with Crippen molar-refractivity contribution in [1.29, 1.82) is 0 Å². The molecule has 1 aromatic carbocycles. The highest BCUT2D eigenvalue weighted by atomic mass is 16.1. The molecule has 2 rings (SSSR count). The monoisotopic (exact) mass is 286 g/mol. The Morgan fingerprint density at radius 3 is 2.62 bits per heavy atom. The third kappa shape index (κ3) is 2.97. The van der Waals surface area contributed by atoms with Crippen molar-refractivity contribution in [2.75, 3.05) is 6.54 Å². The van der Waals surface area contributed by atoms with Crippen LogP contribution in [0.2, 0.25) is 0 Å². The van der Waals surface area contributed by atoms with Gasteiger partial charge in [-0.15, -0.1) is 0 Å². The van der Waals surface area contributed by atoms with Gasteiger partial charge < -0.3 is 9.88 Å². The number of unbranched alkanes of at least 4 members (excludes halogenated alkanes) is 1. The van der Waals surface area contributed by atoms with E-state index >= 15 is 0 Å². The Labute approximate surface area is 127 Å². The second kappa shape index (κ2) is 6.79. The molecular weight excluding hydrogens is 260 g/mol. The summed E-state index contributed by atoms with van der Waals surface area (Å²) in [5, 5.41) is 4.25. The van der Waals surface area contributed by atoms with Gasteiger partial charge in [0, 0.05) is 24.0 Å². The highest BCUT2D eigenvalue weighted by molar-refractivity contribution is 6.01. The van der Waals surface area contributed by atoms with E-state index in [2.05, 4.69) is 55.8 Å². The molecule has 3 heteroatoms. The largest absolute Gasteiger partial charge is 0.351 e. The van der Waals surface area contributed by atoms with Gasteiger partial charge in [0.25, 0.3) is 5.91 Å². The predicted molar refractivity (Wildman–Crippen MR) is 89.0 cm³/mol. The fourth-order valence-corrected chi connectivity index (χ4v) is 2.87. The summed E-state index contributed by atoms with van der Waals surface area (Å²) in [6, 6.07) is 6.53. The lowest BCUT2D eigenvalue weighted by Crippen LogP contribution is -2.27. The summed E-state index contributed by atoms with van der Waals surface area (Å²) < 4.78 is 2.13. The Hall–Kier alpha value is -1.77. The van der Waals surface area contributed by atoms with E-state index in [-0.39, 0.29) is 5.91 Å². The summed E-state index contributed by atoms with van der Waals surface area (Å²) in [5.74, 6) is 0.0528. The molecule has 0 aliphatic heterocycles. The molecule has 2 aromatic rings. The maximum Gasteiger partial charge on any atom is 0.268 e. The number of hydrogen-bond acceptors (Lipinski definition) is 1. The molecule has 1 amide bonds. The third-order valence-corrected chi connectivity index (χ3v) is 4.14. The van der Waals surface area contributed by atoms with Crippen LogP contribution in [0.15, 0.2) is 18.2 Å². The molecule has 0 unspecified atom stereocenters. The van der Waals surface area contributed by atoms with Crippen molar-refractivity contribution in [2.24, 2.45) is 0 Å². The van der Waals surface area contributed by atoms with Gasteiger partial charge in [-0.2, -0.15) is 0 Å². The van der Waals surface area contributed by atoms with Crippen LogP contribution in [0.4, 0.5) is 0 Å². The smallest absolute Gasteiger partial charge is 0.268 e. The number of rotatable bonds is 6. The van der Waals surface area contributed by atoms with Gasteiger partial charge in [-0.3, -0.25) is 4.79 Å². The number of nitrogens with zero attached hydrogens (tertiary/aromatic N) is 1. The van der Waals surface area contributed by atoms with Crippen LogP contribution in [0.3, 0.4) is 0 Å². The number of nitrogens with one attached hydrogen (secondary N) is 1. The maximum atomic E-state index is 12.5. The first kappa shape index (κ1) is 15.6. The topological polar surface area (TPSA) is 34.0 Å². The zero-order valence-corrected chi connectivity index (χ0v) is 13.6. The van der Waals surface area contributed by atoms with Gasteiger partial charge in [-0.1, -0.05) is 26.3 Å². The van der Waals surface area contributed by atoms with Gasteiger partial charge in [0.05, 0.1) is 0 Å². The average Bonchev–Trinajstić information content (AvgIpc) is 2.79. The molecule has 0 saturated heterocycles. The molecule has 1 heterocycles. The summed E-state index contributed by atoms with van der Waals surface area (Å²) in [4.78, 5) is 12.5. The van der Waals surface area contributed by atoms with Crippen LogP contribution in [0.1, 0.15) is 55.2 Å². The number of carbonyl (C=O) groups is 1. The van der Waals surface area contributed by atoms with Crippen molar-refractivity contribution in [3.63, 3.8) is 0 Å². The average molecular weight is 286 g/mol. The van der Waals surface area contributed by atoms with Crippen molar-refractivity contribution in [3.8, 4) is 0 Å². The standard InChI is InChI=1S/C18H26N2O/c1-5-8-11-19-18(21)17-13(4)15-12-14(6-2)9-10-16(15)20(17)7-3/h9-10,12H,5-8,11H2,1-4H3,(H,19,21). The van der Waals surface area contributed by atoms with Crippen molar-refractivity contribution < 1.29 is 4.79 Å². The van der Waals surface area contributed by atoms with Crippen LogP contribution >= 0.6 is 0 Å². The minimum absolute atomic E-state index is 0.0528. The van der Waals surface area contributed by atoms with E-state index in [1.54, 1.807) is 0 Å². The van der Waals surface area contributed by atoms with E-state index in [1.165, 1.54) is 10.9 Å². The quantitative estimate of drug-likeness (QED) is 0.798. The zero-order chi connectivity index (χ0) is 15.4. The Morgan fingerprint density at radius 1 is 1.24 bits per heavy atom. The van der Waals surface area contributed by atoms with Crippen molar-refractivity contribution in [2.45, 2.75) is 53.5 Å². The van der Waals surface area contributed by atoms with Crippen molar-refractivity contribution in [1.82, 2.24) is 9.88 Å². The van der Waals surface area contributed by atoms with Gasteiger partial charge in [0.1, 0.15) is 5.69 Å². The number of hydrogen-bond donors (Lipinski definition) is 1. The molecule has 1 aromatic heterocycles. The van der Waals surface area contributed by atoms with Crippen molar-refractivity contribution >= 4 is 16.8 Å². The molecule has 1 N–H and O–H groups in total. The molecule has 0 atom stereocenters. The van der Waals surface area contributed by atoms with E-state index < -0.39 is 0 Å². The number of aromatic nitrogens is 1. The molecule has 0 aliphatic rings. The second-order valence-corrected chi connectivity index (χ2v) is 5.53. The Kier molecular flexibility index (Phi) is 5.05. The van der Waals surface area contributed by atoms with E-state index in [0.29, 0.717) is 0 Å². The van der Waals surface area contributed by atoms with E-state index in [1.807, 2.05) is 0 Å². The minimum atomic E-state index is 0.0528. The Bertz CT molecular complexity index is 640. The number of aryl methyl sites for hydroxylation is 3. The molecule has 0 fully saturated rings. The lowest BCUT2D eigenvalue weighted by molar-refractivity contribution is 0.0944. The molecule has 3 nitrogen and oxygen atoms in total. The van der Waals surface area contributed by atoms with Crippen LogP contribution in [-0.2, 0) is 13.0 Å². The molecule has 0 saturated carbocycles. The third-order valence-electron chi connectivity index (χ3n) is 4.14. The highest BCUT2D eigenvalue weighted by Gasteiger charge is 2.19. The summed E-state index contributed by atoms with van der Waals surface area (Å²) in [6.45, 7) is 10.0. The maximum absolute atomic E-state index is 12.5. The van der Waals surface area contributed by atoms with Gasteiger partial charge in [0.2, 0.25) is 0 Å². The minimum Gasteiger partial charge on any atom is -0.351 e. The molecule has 0 aliphatic carbocycles. The van der Waals surface area contributed by atoms with E-state index in [0.717, 1.165) is 49.1 Å². The van der Waals surface area contributed by atoms with Gasteiger partial charge in [-0.25, -0.2) is 0 Å². The molecule has 0 radical (unpaired) electrons. The Morgan fingerprint density at radius 2 is 2.00 bits per heavy atom. The van der Waals surface area contributed by atoms with Crippen molar-refractivity contribution in [3.05, 3.63) is 35.0 Å². The van der Waals surface area contributed by atoms with Crippen LogP contribution in [0.25, 0.3) is 10.9 Å². The normalized spacial score (nSPS) is 11.0. The van der Waals surface area contributed by atoms with Crippen LogP contribution in [0, 0.1) is 6.92 Å². The first-order valence-electron chi connectivity index (χ1n) is 8.03. The number of carbonyl (C=O) groups excluding carboxylic acids is 1. The lowest BCUT2D eigenvalue weighted by Gasteiger charge is -2.09. The van der Waals surface area contributed by atoms with Gasteiger partial charge in [-0.05, 0) is 49.9 Å². The summed E-state index contributed by atoms with van der Waals surface area (Å²) in [7, 11) is 0. The fourth-order valence-electron chi connectivity index (χ4n) is 2.87. The number of amides is 1. The van der Waals surface area contributed by atoms with Crippen LogP contribution in [0.5, 0.6) is 0 Å². The number of fused-ring (bicyclic) bond motifs is 1. The highest BCUT2D eigenvalue weighted by Crippen LogP contribution is 2.27. The first-order valence-corrected chi connectivity index (χ1v) is 8.03. The molecule has 0 spiro atoms. The van der Waals surface area contributed by atoms with E-state index in [9.17, 15) is 4.79 Å². The van der Waals surface area contributed by atoms with Gasteiger partial charge >= 0.3 is 0 Å². The summed E-state index contributed by atoms with van der Waals surface area (Å²) >= 11 is 0. The van der Waals surface area contributed by atoms with Crippen LogP contribution in [-0.4, -0.2) is 17.0 Å². The SMILES string of the molecule is CCCCNC(=O)c1c(C)c2cc(CC)ccc2n1CC. The predicted octanol–water partition coefficient (Wildman–Crippen LogP) is 4.06. The van der Waals surface area contributed by atoms with Gasteiger partial charge in [0.15, 0.2) is 0 Å². The lowest BCUT2D eigenvalue weighted by atomic mass is 10.1.